The smallest absolute Gasteiger partial charge is 0.324 e. The van der Waals surface area contributed by atoms with E-state index in [9.17, 15) is 9.59 Å². The first kappa shape index (κ1) is 11.6. The minimum absolute atomic E-state index is 0.0979. The van der Waals surface area contributed by atoms with Crippen molar-refractivity contribution in [3.8, 4) is 0 Å². The molecule has 17 heavy (non-hydrogen) atoms. The molecule has 1 saturated heterocycles. The lowest BCUT2D eigenvalue weighted by molar-refractivity contribution is -0.131. The lowest BCUT2D eigenvalue weighted by Gasteiger charge is -2.33. The van der Waals surface area contributed by atoms with Gasteiger partial charge in [0, 0.05) is 6.04 Å². The fraction of sp³-hybridized carbons (Fsp3) is 0.385. The van der Waals surface area contributed by atoms with Crippen molar-refractivity contribution in [3.05, 3.63) is 35.9 Å². The number of benzene rings is 1. The second-order valence-electron chi connectivity index (χ2n) is 4.47. The zero-order chi connectivity index (χ0) is 12.4. The van der Waals surface area contributed by atoms with Crippen molar-refractivity contribution in [2.24, 2.45) is 0 Å². The first-order chi connectivity index (χ1) is 8.09. The summed E-state index contributed by atoms with van der Waals surface area (Å²) in [6.45, 7) is 3.67. The third-order valence-electron chi connectivity index (χ3n) is 2.88. The van der Waals surface area contributed by atoms with E-state index < -0.39 is 0 Å². The van der Waals surface area contributed by atoms with Crippen molar-refractivity contribution in [1.29, 1.82) is 0 Å². The van der Waals surface area contributed by atoms with Crippen molar-refractivity contribution in [2.45, 2.75) is 32.4 Å². The maximum Gasteiger partial charge on any atom is 0.324 e. The SMILES string of the molecule is CC(C)N1C(=O)CC(c2ccccc2)NC1=O. The largest absolute Gasteiger partial charge is 0.330 e. The summed E-state index contributed by atoms with van der Waals surface area (Å²) >= 11 is 0. The van der Waals surface area contributed by atoms with Gasteiger partial charge in [0.15, 0.2) is 0 Å². The third-order valence-corrected chi connectivity index (χ3v) is 2.88. The monoisotopic (exact) mass is 232 g/mol. The van der Waals surface area contributed by atoms with E-state index in [1.54, 1.807) is 0 Å². The number of imide groups is 1. The van der Waals surface area contributed by atoms with Gasteiger partial charge in [0.25, 0.3) is 0 Å². The predicted octanol–water partition coefficient (Wildman–Crippen LogP) is 2.08. The Bertz CT molecular complexity index is 410. The zero-order valence-corrected chi connectivity index (χ0v) is 10.0. The maximum atomic E-state index is 11.9. The van der Waals surface area contributed by atoms with Gasteiger partial charge in [-0.1, -0.05) is 30.3 Å². The second-order valence-corrected chi connectivity index (χ2v) is 4.47. The number of carbonyl (C=O) groups excluding carboxylic acids is 2. The standard InChI is InChI=1S/C13H16N2O2/c1-9(2)15-12(16)8-11(14-13(15)17)10-6-4-3-5-7-10/h3-7,9,11H,8H2,1-2H3,(H,14,17). The van der Waals surface area contributed by atoms with Crippen LogP contribution in [0, 0.1) is 0 Å². The molecule has 1 aromatic rings. The van der Waals surface area contributed by atoms with Gasteiger partial charge < -0.3 is 5.32 Å². The number of amides is 3. The Morgan fingerprint density at radius 3 is 2.41 bits per heavy atom. The van der Waals surface area contributed by atoms with E-state index in [2.05, 4.69) is 5.32 Å². The van der Waals surface area contributed by atoms with E-state index in [-0.39, 0.29) is 24.0 Å². The molecule has 0 radical (unpaired) electrons. The summed E-state index contributed by atoms with van der Waals surface area (Å²) in [5.74, 6) is -0.113. The first-order valence-electron chi connectivity index (χ1n) is 5.77. The summed E-state index contributed by atoms with van der Waals surface area (Å²) < 4.78 is 0. The number of rotatable bonds is 2. The topological polar surface area (TPSA) is 49.4 Å². The molecule has 3 amide bonds. The van der Waals surface area contributed by atoms with Crippen LogP contribution in [0.5, 0.6) is 0 Å². The molecule has 90 valence electrons. The lowest BCUT2D eigenvalue weighted by Crippen LogP contribution is -2.53. The molecule has 4 heteroatoms. The quantitative estimate of drug-likeness (QED) is 0.848. The van der Waals surface area contributed by atoms with E-state index in [1.165, 1.54) is 4.90 Å². The summed E-state index contributed by atoms with van der Waals surface area (Å²) in [4.78, 5) is 25.0. The Labute approximate surface area is 101 Å². The van der Waals surface area contributed by atoms with Crippen LogP contribution in [0.4, 0.5) is 4.79 Å². The predicted molar refractivity (Wildman–Crippen MR) is 64.3 cm³/mol. The highest BCUT2D eigenvalue weighted by molar-refractivity contribution is 5.97. The number of urea groups is 1. The fourth-order valence-electron chi connectivity index (χ4n) is 2.06. The van der Waals surface area contributed by atoms with Crippen LogP contribution in [-0.4, -0.2) is 22.9 Å². The van der Waals surface area contributed by atoms with E-state index in [0.717, 1.165) is 5.56 Å². The molecule has 0 aliphatic carbocycles. The highest BCUT2D eigenvalue weighted by Crippen LogP contribution is 2.22. The van der Waals surface area contributed by atoms with Gasteiger partial charge >= 0.3 is 6.03 Å². The van der Waals surface area contributed by atoms with Gasteiger partial charge in [0.05, 0.1) is 12.5 Å². The Hall–Kier alpha value is -1.84. The summed E-state index contributed by atoms with van der Waals surface area (Å²) in [6.07, 6.45) is 0.327. The molecule has 1 fully saturated rings. The van der Waals surface area contributed by atoms with Crippen LogP contribution in [-0.2, 0) is 4.79 Å². The number of hydrogen-bond donors (Lipinski definition) is 1. The Kier molecular flexibility index (Phi) is 3.13. The first-order valence-corrected chi connectivity index (χ1v) is 5.77. The van der Waals surface area contributed by atoms with Crippen molar-refractivity contribution < 1.29 is 9.59 Å². The molecule has 0 spiro atoms. The van der Waals surface area contributed by atoms with Crippen molar-refractivity contribution in [2.75, 3.05) is 0 Å². The molecule has 1 aromatic carbocycles. The zero-order valence-electron chi connectivity index (χ0n) is 10.0. The van der Waals surface area contributed by atoms with Gasteiger partial charge in [0.2, 0.25) is 5.91 Å². The van der Waals surface area contributed by atoms with Gasteiger partial charge in [-0.05, 0) is 19.4 Å². The number of nitrogens with one attached hydrogen (secondary N) is 1. The van der Waals surface area contributed by atoms with E-state index in [0.29, 0.717) is 6.42 Å². The molecular formula is C13H16N2O2. The highest BCUT2D eigenvalue weighted by atomic mass is 16.2. The molecule has 1 heterocycles. The molecule has 1 aliphatic rings. The van der Waals surface area contributed by atoms with E-state index in [4.69, 9.17) is 0 Å². The van der Waals surface area contributed by atoms with Gasteiger partial charge in [0.1, 0.15) is 0 Å². The van der Waals surface area contributed by atoms with Crippen LogP contribution in [0.3, 0.4) is 0 Å². The summed E-state index contributed by atoms with van der Waals surface area (Å²) in [6, 6.07) is 8.96. The minimum Gasteiger partial charge on any atom is -0.330 e. The summed E-state index contributed by atoms with van der Waals surface area (Å²) in [5.41, 5.74) is 0.970. The van der Waals surface area contributed by atoms with Crippen molar-refractivity contribution in [3.63, 3.8) is 0 Å². The van der Waals surface area contributed by atoms with Crippen LogP contribution in [0.1, 0.15) is 31.9 Å². The van der Waals surface area contributed by atoms with Crippen LogP contribution < -0.4 is 5.32 Å². The van der Waals surface area contributed by atoms with E-state index >= 15 is 0 Å². The molecule has 2 rings (SSSR count). The second kappa shape index (κ2) is 4.57. The summed E-state index contributed by atoms with van der Waals surface area (Å²) in [7, 11) is 0. The van der Waals surface area contributed by atoms with Crippen LogP contribution in [0.2, 0.25) is 0 Å². The molecule has 4 nitrogen and oxygen atoms in total. The Balaban J connectivity index is 2.17. The van der Waals surface area contributed by atoms with Gasteiger partial charge in [-0.3, -0.25) is 9.69 Å². The number of carbonyl (C=O) groups is 2. The molecule has 0 aromatic heterocycles. The number of nitrogens with zero attached hydrogens (tertiary/aromatic N) is 1. The van der Waals surface area contributed by atoms with Crippen molar-refractivity contribution in [1.82, 2.24) is 10.2 Å². The molecule has 1 atom stereocenters. The van der Waals surface area contributed by atoms with Crippen LogP contribution in [0.15, 0.2) is 30.3 Å². The molecule has 1 aliphatic heterocycles. The molecule has 0 bridgehead atoms. The fourth-order valence-corrected chi connectivity index (χ4v) is 2.06. The maximum absolute atomic E-state index is 11.9. The van der Waals surface area contributed by atoms with Gasteiger partial charge in [-0.25, -0.2) is 4.79 Å². The Morgan fingerprint density at radius 2 is 1.88 bits per heavy atom. The normalized spacial score (nSPS) is 20.6. The molecule has 1 N–H and O–H groups in total. The highest BCUT2D eigenvalue weighted by Gasteiger charge is 2.33. The minimum atomic E-state index is -0.301. The van der Waals surface area contributed by atoms with E-state index in [1.807, 2.05) is 44.2 Å². The van der Waals surface area contributed by atoms with Gasteiger partial charge in [-0.2, -0.15) is 0 Å². The Morgan fingerprint density at radius 1 is 1.24 bits per heavy atom. The average molecular weight is 232 g/mol. The molecular weight excluding hydrogens is 216 g/mol. The van der Waals surface area contributed by atoms with Crippen LogP contribution in [0.25, 0.3) is 0 Å². The summed E-state index contributed by atoms with van der Waals surface area (Å²) in [5, 5.41) is 2.86. The third kappa shape index (κ3) is 2.30. The van der Waals surface area contributed by atoms with Gasteiger partial charge in [-0.15, -0.1) is 0 Å². The molecule has 1 unspecified atom stereocenters. The number of hydrogen-bond acceptors (Lipinski definition) is 2. The van der Waals surface area contributed by atoms with Crippen LogP contribution >= 0.6 is 0 Å². The molecule has 0 saturated carbocycles. The van der Waals surface area contributed by atoms with Crippen molar-refractivity contribution >= 4 is 11.9 Å². The lowest BCUT2D eigenvalue weighted by atomic mass is 10.0. The average Bonchev–Trinajstić information content (AvgIpc) is 2.28.